The quantitative estimate of drug-likeness (QED) is 0.796. The van der Waals surface area contributed by atoms with E-state index in [9.17, 15) is 0 Å². The van der Waals surface area contributed by atoms with Crippen LogP contribution in [0.4, 0.5) is 0 Å². The fraction of sp³-hybridized carbons (Fsp3) is 0.500. The van der Waals surface area contributed by atoms with Crippen LogP contribution < -0.4 is 5.32 Å². The van der Waals surface area contributed by atoms with E-state index in [4.69, 9.17) is 4.98 Å². The maximum Gasteiger partial charge on any atom is 0.0926 e. The molecule has 2 atom stereocenters. The first-order valence-corrected chi connectivity index (χ1v) is 8.88. The predicted octanol–water partition coefficient (Wildman–Crippen LogP) is 4.05. The van der Waals surface area contributed by atoms with Gasteiger partial charge in [-0.2, -0.15) is 0 Å². The van der Waals surface area contributed by atoms with Crippen molar-refractivity contribution in [2.75, 3.05) is 20.6 Å². The summed E-state index contributed by atoms with van der Waals surface area (Å²) in [6, 6.07) is 11.3. The lowest BCUT2D eigenvalue weighted by Crippen LogP contribution is -2.28. The van der Waals surface area contributed by atoms with Gasteiger partial charge >= 0.3 is 0 Å². The van der Waals surface area contributed by atoms with E-state index in [1.165, 1.54) is 10.6 Å². The second-order valence-corrected chi connectivity index (χ2v) is 6.91. The van der Waals surface area contributed by atoms with Crippen LogP contribution in [-0.4, -0.2) is 30.5 Å². The van der Waals surface area contributed by atoms with Crippen LogP contribution in [0.15, 0.2) is 35.7 Å². The molecule has 120 valence electrons. The summed E-state index contributed by atoms with van der Waals surface area (Å²) in [5.41, 5.74) is 2.51. The van der Waals surface area contributed by atoms with Gasteiger partial charge in [-0.05, 0) is 46.0 Å². The Morgan fingerprint density at radius 3 is 2.55 bits per heavy atom. The van der Waals surface area contributed by atoms with Crippen LogP contribution >= 0.6 is 11.3 Å². The first kappa shape index (κ1) is 17.1. The molecule has 4 heteroatoms. The number of aromatic nitrogens is 1. The van der Waals surface area contributed by atoms with Crippen LogP contribution in [0.5, 0.6) is 0 Å². The van der Waals surface area contributed by atoms with Crippen LogP contribution in [0.25, 0.3) is 0 Å². The summed E-state index contributed by atoms with van der Waals surface area (Å²) in [6.07, 6.45) is 2.10. The lowest BCUT2D eigenvalue weighted by Gasteiger charge is -2.24. The standard InChI is InChI=1S/C18H27N3S/c1-5-18-20-17(13-22-18)14(2)19-16(11-12-21(3)4)15-9-7-6-8-10-15/h6-10,13-14,16,19H,5,11-12H2,1-4H3. The van der Waals surface area contributed by atoms with Gasteiger partial charge in [0.05, 0.1) is 10.7 Å². The topological polar surface area (TPSA) is 28.2 Å². The zero-order chi connectivity index (χ0) is 15.9. The van der Waals surface area contributed by atoms with Gasteiger partial charge in [0.15, 0.2) is 0 Å². The molecule has 0 aliphatic carbocycles. The molecule has 2 aromatic rings. The van der Waals surface area contributed by atoms with Crippen molar-refractivity contribution < 1.29 is 0 Å². The van der Waals surface area contributed by atoms with E-state index in [-0.39, 0.29) is 6.04 Å². The fourth-order valence-electron chi connectivity index (χ4n) is 2.49. The smallest absolute Gasteiger partial charge is 0.0926 e. The van der Waals surface area contributed by atoms with Gasteiger partial charge in [-0.25, -0.2) is 4.98 Å². The third kappa shape index (κ3) is 4.90. The molecule has 0 aliphatic heterocycles. The summed E-state index contributed by atoms with van der Waals surface area (Å²) < 4.78 is 0. The largest absolute Gasteiger partial charge is 0.309 e. The third-order valence-corrected chi connectivity index (χ3v) is 4.85. The number of benzene rings is 1. The average Bonchev–Trinajstić information content (AvgIpc) is 3.01. The zero-order valence-corrected chi connectivity index (χ0v) is 14.9. The Labute approximate surface area is 138 Å². The minimum Gasteiger partial charge on any atom is -0.309 e. The molecule has 1 N–H and O–H groups in total. The summed E-state index contributed by atoms with van der Waals surface area (Å²) in [5.74, 6) is 0. The molecule has 0 radical (unpaired) electrons. The maximum atomic E-state index is 4.72. The Kier molecular flexibility index (Phi) is 6.55. The number of nitrogens with one attached hydrogen (secondary N) is 1. The molecule has 1 heterocycles. The Morgan fingerprint density at radius 2 is 1.95 bits per heavy atom. The van der Waals surface area contributed by atoms with E-state index in [0.29, 0.717) is 6.04 Å². The molecular weight excluding hydrogens is 290 g/mol. The summed E-state index contributed by atoms with van der Waals surface area (Å²) in [6.45, 7) is 5.43. The average molecular weight is 318 g/mol. The Hall–Kier alpha value is -1.23. The van der Waals surface area contributed by atoms with Gasteiger partial charge < -0.3 is 10.2 Å². The number of nitrogens with zero attached hydrogens (tertiary/aromatic N) is 2. The van der Waals surface area contributed by atoms with Crippen LogP contribution in [0.3, 0.4) is 0 Å². The van der Waals surface area contributed by atoms with Gasteiger partial charge in [0.25, 0.3) is 0 Å². The molecule has 1 aromatic heterocycles. The van der Waals surface area contributed by atoms with Crippen molar-refractivity contribution in [1.82, 2.24) is 15.2 Å². The van der Waals surface area contributed by atoms with E-state index < -0.39 is 0 Å². The Bertz CT molecular complexity index is 550. The molecule has 0 aliphatic rings. The number of thiazole rings is 1. The Balaban J connectivity index is 2.08. The first-order chi connectivity index (χ1) is 10.6. The van der Waals surface area contributed by atoms with E-state index in [1.807, 2.05) is 0 Å². The SMILES string of the molecule is CCc1nc(C(C)NC(CCN(C)C)c2ccccc2)cs1. The zero-order valence-electron chi connectivity index (χ0n) is 14.0. The minimum absolute atomic E-state index is 0.268. The highest BCUT2D eigenvalue weighted by Gasteiger charge is 2.17. The first-order valence-electron chi connectivity index (χ1n) is 8.00. The molecule has 2 unspecified atom stereocenters. The van der Waals surface area contributed by atoms with E-state index in [1.54, 1.807) is 11.3 Å². The van der Waals surface area contributed by atoms with Crippen LogP contribution in [-0.2, 0) is 6.42 Å². The van der Waals surface area contributed by atoms with Gasteiger partial charge in [0.1, 0.15) is 0 Å². The molecule has 2 rings (SSSR count). The number of hydrogen-bond acceptors (Lipinski definition) is 4. The van der Waals surface area contributed by atoms with Gasteiger partial charge in [0, 0.05) is 17.5 Å². The van der Waals surface area contributed by atoms with E-state index in [2.05, 4.69) is 73.9 Å². The van der Waals surface area contributed by atoms with Crippen LogP contribution in [0.2, 0.25) is 0 Å². The summed E-state index contributed by atoms with van der Waals surface area (Å²) in [4.78, 5) is 6.95. The highest BCUT2D eigenvalue weighted by Crippen LogP contribution is 2.23. The van der Waals surface area contributed by atoms with Crippen molar-refractivity contribution in [2.24, 2.45) is 0 Å². The second-order valence-electron chi connectivity index (χ2n) is 5.96. The van der Waals surface area contributed by atoms with Gasteiger partial charge in [-0.1, -0.05) is 37.3 Å². The van der Waals surface area contributed by atoms with Crippen molar-refractivity contribution in [3.8, 4) is 0 Å². The fourth-order valence-corrected chi connectivity index (χ4v) is 3.33. The molecule has 1 aromatic carbocycles. The summed E-state index contributed by atoms with van der Waals surface area (Å²) in [7, 11) is 4.25. The van der Waals surface area contributed by atoms with Crippen molar-refractivity contribution in [3.63, 3.8) is 0 Å². The highest BCUT2D eigenvalue weighted by atomic mass is 32.1. The minimum atomic E-state index is 0.268. The Morgan fingerprint density at radius 1 is 1.23 bits per heavy atom. The van der Waals surface area contributed by atoms with Crippen LogP contribution in [0, 0.1) is 0 Å². The molecule has 22 heavy (non-hydrogen) atoms. The monoisotopic (exact) mass is 317 g/mol. The lowest BCUT2D eigenvalue weighted by atomic mass is 10.0. The van der Waals surface area contributed by atoms with Crippen molar-refractivity contribution >= 4 is 11.3 Å². The second kappa shape index (κ2) is 8.42. The predicted molar refractivity (Wildman–Crippen MR) is 95.4 cm³/mol. The van der Waals surface area contributed by atoms with Crippen LogP contribution in [0.1, 0.15) is 48.6 Å². The van der Waals surface area contributed by atoms with Crippen molar-refractivity contribution in [3.05, 3.63) is 52.0 Å². The number of rotatable bonds is 8. The molecule has 0 amide bonds. The number of hydrogen-bond donors (Lipinski definition) is 1. The van der Waals surface area contributed by atoms with E-state index in [0.717, 1.165) is 25.1 Å². The van der Waals surface area contributed by atoms with Gasteiger partial charge in [-0.15, -0.1) is 11.3 Å². The molecule has 0 saturated heterocycles. The van der Waals surface area contributed by atoms with Gasteiger partial charge in [-0.3, -0.25) is 0 Å². The molecule has 0 fully saturated rings. The molecule has 3 nitrogen and oxygen atoms in total. The highest BCUT2D eigenvalue weighted by molar-refractivity contribution is 7.09. The van der Waals surface area contributed by atoms with Gasteiger partial charge in [0.2, 0.25) is 0 Å². The normalized spacial score (nSPS) is 14.2. The van der Waals surface area contributed by atoms with E-state index >= 15 is 0 Å². The summed E-state index contributed by atoms with van der Waals surface area (Å²) >= 11 is 1.76. The molecule has 0 spiro atoms. The molecule has 0 saturated carbocycles. The van der Waals surface area contributed by atoms with Crippen molar-refractivity contribution in [1.29, 1.82) is 0 Å². The number of aryl methyl sites for hydroxylation is 1. The molecule has 0 bridgehead atoms. The maximum absolute atomic E-state index is 4.72. The third-order valence-electron chi connectivity index (χ3n) is 3.83. The van der Waals surface area contributed by atoms with Crippen molar-refractivity contribution in [2.45, 2.75) is 38.8 Å². The molecular formula is C18H27N3S. The summed E-state index contributed by atoms with van der Waals surface area (Å²) in [5, 5.41) is 7.16. The lowest BCUT2D eigenvalue weighted by molar-refractivity contribution is 0.346.